The Kier molecular flexibility index (Phi) is 5.51. The second-order valence-electron chi connectivity index (χ2n) is 5.01. The number of carbonyl (C=O) groups excluding carboxylic acids is 2. The van der Waals surface area contributed by atoms with Crippen molar-refractivity contribution in [2.45, 2.75) is 19.3 Å². The summed E-state index contributed by atoms with van der Waals surface area (Å²) in [5.41, 5.74) is 5.91. The van der Waals surface area contributed by atoms with Crippen LogP contribution in [0.25, 0.3) is 0 Å². The third-order valence-corrected chi connectivity index (χ3v) is 4.20. The van der Waals surface area contributed by atoms with Crippen LogP contribution in [-0.2, 0) is 4.79 Å². The molecule has 0 spiro atoms. The zero-order valence-corrected chi connectivity index (χ0v) is 12.6. The van der Waals surface area contributed by atoms with Crippen LogP contribution in [0.5, 0.6) is 0 Å². The summed E-state index contributed by atoms with van der Waals surface area (Å²) in [4.78, 5) is 29.8. The van der Waals surface area contributed by atoms with Crippen molar-refractivity contribution in [2.24, 2.45) is 5.92 Å². The lowest BCUT2D eigenvalue weighted by atomic mass is 9.95. The van der Waals surface area contributed by atoms with E-state index in [0.717, 1.165) is 0 Å². The number of thiazole rings is 1. The molecule has 1 saturated heterocycles. The Labute approximate surface area is 127 Å². The van der Waals surface area contributed by atoms with E-state index in [1.807, 2.05) is 0 Å². The molecule has 4 N–H and O–H groups in total. The number of aliphatic hydroxyl groups excluding tert-OH is 1. The highest BCUT2D eigenvalue weighted by Gasteiger charge is 2.28. The maximum Gasteiger partial charge on any atom is 0.273 e. The molecule has 21 heavy (non-hydrogen) atoms. The number of piperidine rings is 1. The fourth-order valence-corrected chi connectivity index (χ4v) is 2.86. The van der Waals surface area contributed by atoms with Gasteiger partial charge in [-0.25, -0.2) is 4.98 Å². The molecule has 116 valence electrons. The fraction of sp³-hybridized carbons (Fsp3) is 0.615. The van der Waals surface area contributed by atoms with Crippen molar-refractivity contribution in [2.75, 3.05) is 32.0 Å². The number of rotatable bonds is 5. The largest absolute Gasteiger partial charge is 0.396 e. The van der Waals surface area contributed by atoms with Crippen LogP contribution < -0.4 is 11.1 Å². The van der Waals surface area contributed by atoms with Crippen molar-refractivity contribution >= 4 is 28.3 Å². The van der Waals surface area contributed by atoms with Gasteiger partial charge in [-0.3, -0.25) is 9.59 Å². The third kappa shape index (κ3) is 4.15. The number of amides is 2. The van der Waals surface area contributed by atoms with Crippen LogP contribution in [0.1, 0.15) is 29.8 Å². The van der Waals surface area contributed by atoms with Gasteiger partial charge in [0.15, 0.2) is 5.13 Å². The molecule has 1 aliphatic heterocycles. The van der Waals surface area contributed by atoms with Crippen LogP contribution in [0.3, 0.4) is 0 Å². The second kappa shape index (κ2) is 7.37. The molecule has 1 aliphatic rings. The van der Waals surface area contributed by atoms with Crippen LogP contribution in [0.2, 0.25) is 0 Å². The minimum atomic E-state index is -0.123. The van der Waals surface area contributed by atoms with Gasteiger partial charge in [0.05, 0.1) is 0 Å². The molecule has 0 aromatic carbocycles. The third-order valence-electron chi connectivity index (χ3n) is 3.53. The summed E-state index contributed by atoms with van der Waals surface area (Å²) in [6.07, 6.45) is 1.86. The van der Waals surface area contributed by atoms with Gasteiger partial charge >= 0.3 is 0 Å². The lowest BCUT2D eigenvalue weighted by Crippen LogP contribution is -2.43. The smallest absolute Gasteiger partial charge is 0.273 e. The highest BCUT2D eigenvalue weighted by Crippen LogP contribution is 2.20. The van der Waals surface area contributed by atoms with E-state index in [1.165, 1.54) is 11.3 Å². The number of nitrogen functional groups attached to an aromatic ring is 1. The summed E-state index contributed by atoms with van der Waals surface area (Å²) in [6.45, 7) is 1.67. The normalized spacial score (nSPS) is 16.0. The fourth-order valence-electron chi connectivity index (χ4n) is 2.33. The Morgan fingerprint density at radius 2 is 2.19 bits per heavy atom. The lowest BCUT2D eigenvalue weighted by molar-refractivity contribution is -0.126. The lowest BCUT2D eigenvalue weighted by Gasteiger charge is -2.30. The zero-order chi connectivity index (χ0) is 15.2. The highest BCUT2D eigenvalue weighted by molar-refractivity contribution is 7.13. The summed E-state index contributed by atoms with van der Waals surface area (Å²) in [7, 11) is 0. The summed E-state index contributed by atoms with van der Waals surface area (Å²) in [6, 6.07) is 0. The first-order valence-electron chi connectivity index (χ1n) is 7.00. The van der Waals surface area contributed by atoms with Crippen molar-refractivity contribution in [3.8, 4) is 0 Å². The van der Waals surface area contributed by atoms with Gasteiger partial charge in [-0.2, -0.15) is 0 Å². The van der Waals surface area contributed by atoms with Gasteiger partial charge in [0.25, 0.3) is 5.91 Å². The van der Waals surface area contributed by atoms with E-state index >= 15 is 0 Å². The average Bonchev–Trinajstić information content (AvgIpc) is 2.93. The molecule has 7 nitrogen and oxygen atoms in total. The van der Waals surface area contributed by atoms with E-state index in [2.05, 4.69) is 10.3 Å². The van der Waals surface area contributed by atoms with Crippen LogP contribution in [0.4, 0.5) is 5.13 Å². The van der Waals surface area contributed by atoms with Gasteiger partial charge in [-0.1, -0.05) is 0 Å². The molecule has 2 heterocycles. The molecule has 8 heteroatoms. The molecule has 0 radical (unpaired) electrons. The molecular weight excluding hydrogens is 292 g/mol. The number of aliphatic hydroxyl groups is 1. The molecule has 1 aromatic rings. The molecule has 0 atom stereocenters. The van der Waals surface area contributed by atoms with Crippen LogP contribution in [0, 0.1) is 5.92 Å². The van der Waals surface area contributed by atoms with Crippen LogP contribution in [0.15, 0.2) is 5.38 Å². The maximum atomic E-state index is 12.2. The van der Waals surface area contributed by atoms with Gasteiger partial charge in [-0.05, 0) is 19.3 Å². The molecule has 2 amide bonds. The van der Waals surface area contributed by atoms with Crippen LogP contribution >= 0.6 is 11.3 Å². The number of nitrogens with one attached hydrogen (secondary N) is 1. The van der Waals surface area contributed by atoms with Gasteiger partial charge in [-0.15, -0.1) is 11.3 Å². The van der Waals surface area contributed by atoms with Crippen molar-refractivity contribution in [3.05, 3.63) is 11.1 Å². The van der Waals surface area contributed by atoms with Crippen LogP contribution in [-0.4, -0.2) is 53.0 Å². The van der Waals surface area contributed by atoms with Gasteiger partial charge in [0.1, 0.15) is 5.69 Å². The molecule has 0 aliphatic carbocycles. The summed E-state index contributed by atoms with van der Waals surface area (Å²) < 4.78 is 0. The molecule has 0 bridgehead atoms. The summed E-state index contributed by atoms with van der Waals surface area (Å²) in [5.74, 6) is -0.177. The maximum absolute atomic E-state index is 12.2. The molecule has 1 fully saturated rings. The average molecular weight is 312 g/mol. The Hall–Kier alpha value is -1.67. The number of aromatic nitrogens is 1. The number of anilines is 1. The topological polar surface area (TPSA) is 109 Å². The van der Waals surface area contributed by atoms with Crippen molar-refractivity contribution in [1.82, 2.24) is 15.2 Å². The minimum absolute atomic E-state index is 0.00783. The predicted molar refractivity (Wildman–Crippen MR) is 79.9 cm³/mol. The Bertz CT molecular complexity index is 497. The van der Waals surface area contributed by atoms with Gasteiger partial charge in [0.2, 0.25) is 5.91 Å². The number of nitrogens with two attached hydrogens (primary N) is 1. The number of hydrogen-bond donors (Lipinski definition) is 3. The number of carbonyl (C=O) groups is 2. The molecule has 0 unspecified atom stereocenters. The highest BCUT2D eigenvalue weighted by atomic mass is 32.1. The Morgan fingerprint density at radius 1 is 1.48 bits per heavy atom. The summed E-state index contributed by atoms with van der Waals surface area (Å²) >= 11 is 1.25. The minimum Gasteiger partial charge on any atom is -0.396 e. The second-order valence-corrected chi connectivity index (χ2v) is 5.90. The Balaban J connectivity index is 1.80. The standard InChI is InChI=1S/C13H20N4O3S/c14-13-16-10(8-21-13)12(20)17-5-2-9(3-6-17)11(19)15-4-1-7-18/h8-9,18H,1-7H2,(H2,14,16)(H,15,19). The first-order valence-corrected chi connectivity index (χ1v) is 7.88. The van der Waals surface area contributed by atoms with E-state index < -0.39 is 0 Å². The zero-order valence-electron chi connectivity index (χ0n) is 11.7. The van der Waals surface area contributed by atoms with E-state index in [1.54, 1.807) is 10.3 Å². The Morgan fingerprint density at radius 3 is 2.76 bits per heavy atom. The number of hydrogen-bond acceptors (Lipinski definition) is 6. The predicted octanol–water partition coefficient (Wildman–Crippen LogP) is 0.0761. The van der Waals surface area contributed by atoms with E-state index in [4.69, 9.17) is 10.8 Å². The van der Waals surface area contributed by atoms with E-state index in [0.29, 0.717) is 49.7 Å². The molecule has 2 rings (SSSR count). The molecule has 1 aromatic heterocycles. The van der Waals surface area contributed by atoms with E-state index in [9.17, 15) is 9.59 Å². The molecular formula is C13H20N4O3S. The number of nitrogens with zero attached hydrogens (tertiary/aromatic N) is 2. The van der Waals surface area contributed by atoms with Gasteiger partial charge in [0, 0.05) is 37.5 Å². The van der Waals surface area contributed by atoms with Crippen molar-refractivity contribution < 1.29 is 14.7 Å². The molecule has 0 saturated carbocycles. The monoisotopic (exact) mass is 312 g/mol. The van der Waals surface area contributed by atoms with Gasteiger partial charge < -0.3 is 21.1 Å². The quantitative estimate of drug-likeness (QED) is 0.667. The van der Waals surface area contributed by atoms with Crippen molar-refractivity contribution in [3.63, 3.8) is 0 Å². The first-order chi connectivity index (χ1) is 10.1. The number of likely N-dealkylation sites (tertiary alicyclic amines) is 1. The first kappa shape index (κ1) is 15.7. The van der Waals surface area contributed by atoms with Crippen molar-refractivity contribution in [1.29, 1.82) is 0 Å². The summed E-state index contributed by atoms with van der Waals surface area (Å²) in [5, 5.41) is 13.5. The SMILES string of the molecule is Nc1nc(C(=O)N2CCC(C(=O)NCCCO)CC2)cs1. The van der Waals surface area contributed by atoms with E-state index in [-0.39, 0.29) is 24.3 Å².